The molecule has 0 aliphatic carbocycles. The van der Waals surface area contributed by atoms with Crippen LogP contribution < -0.4 is 10.6 Å². The molecule has 3 nitrogen and oxygen atoms in total. The van der Waals surface area contributed by atoms with E-state index in [2.05, 4.69) is 33.5 Å². The number of hydrogen-bond acceptors (Lipinski definition) is 2. The normalized spacial score (nSPS) is 17.8. The van der Waals surface area contributed by atoms with E-state index in [1.165, 1.54) is 0 Å². The predicted molar refractivity (Wildman–Crippen MR) is 87.2 cm³/mol. The first-order chi connectivity index (χ1) is 9.57. The third kappa shape index (κ3) is 3.54. The van der Waals surface area contributed by atoms with Crippen molar-refractivity contribution in [3.8, 4) is 0 Å². The number of carbonyl (C=O) groups is 1. The zero-order valence-electron chi connectivity index (χ0n) is 11.6. The second kappa shape index (κ2) is 6.92. The maximum atomic E-state index is 12.7. The molecule has 5 heteroatoms. The molecule has 0 aromatic heterocycles. The standard InChI is InChI=1S/C15H20BrClN2O/c1-2-5-15(6-8-18-9-7-15)14(20)19-13-4-3-11(16)10-12(13)17/h3-4,10,18H,2,5-9H2,1H3,(H,19,20). The summed E-state index contributed by atoms with van der Waals surface area (Å²) < 4.78 is 0.908. The van der Waals surface area contributed by atoms with Gasteiger partial charge in [-0.05, 0) is 50.6 Å². The van der Waals surface area contributed by atoms with Gasteiger partial charge in [0, 0.05) is 4.47 Å². The van der Waals surface area contributed by atoms with Gasteiger partial charge < -0.3 is 10.6 Å². The SMILES string of the molecule is CCCC1(C(=O)Nc2ccc(Br)cc2Cl)CCNCC1. The van der Waals surface area contributed by atoms with Crippen molar-refractivity contribution in [2.24, 2.45) is 5.41 Å². The van der Waals surface area contributed by atoms with Crippen molar-refractivity contribution in [3.63, 3.8) is 0 Å². The van der Waals surface area contributed by atoms with Gasteiger partial charge in [-0.1, -0.05) is 40.9 Å². The van der Waals surface area contributed by atoms with E-state index >= 15 is 0 Å². The molecule has 2 N–H and O–H groups in total. The molecule has 0 radical (unpaired) electrons. The number of carbonyl (C=O) groups excluding carboxylic acids is 1. The van der Waals surface area contributed by atoms with Gasteiger partial charge >= 0.3 is 0 Å². The van der Waals surface area contributed by atoms with Crippen molar-refractivity contribution in [2.75, 3.05) is 18.4 Å². The molecule has 1 aromatic carbocycles. The second-order valence-electron chi connectivity index (χ2n) is 5.36. The van der Waals surface area contributed by atoms with Crippen molar-refractivity contribution in [1.82, 2.24) is 5.32 Å². The minimum atomic E-state index is -0.254. The molecule has 0 spiro atoms. The first kappa shape index (κ1) is 15.8. The van der Waals surface area contributed by atoms with Crippen molar-refractivity contribution < 1.29 is 4.79 Å². The maximum absolute atomic E-state index is 12.7. The molecular weight excluding hydrogens is 340 g/mol. The van der Waals surface area contributed by atoms with E-state index in [9.17, 15) is 4.79 Å². The topological polar surface area (TPSA) is 41.1 Å². The maximum Gasteiger partial charge on any atom is 0.230 e. The molecule has 0 saturated carbocycles. The monoisotopic (exact) mass is 358 g/mol. The third-order valence-corrected chi connectivity index (χ3v) is 4.76. The second-order valence-corrected chi connectivity index (χ2v) is 6.68. The van der Waals surface area contributed by atoms with Gasteiger partial charge in [-0.25, -0.2) is 0 Å². The van der Waals surface area contributed by atoms with Gasteiger partial charge in [0.05, 0.1) is 16.1 Å². The molecule has 2 rings (SSSR count). The molecule has 1 aromatic rings. The van der Waals surface area contributed by atoms with Crippen LogP contribution in [0.25, 0.3) is 0 Å². The predicted octanol–water partition coefficient (Wildman–Crippen LogP) is 4.21. The zero-order valence-corrected chi connectivity index (χ0v) is 14.0. The summed E-state index contributed by atoms with van der Waals surface area (Å²) in [4.78, 5) is 12.7. The van der Waals surface area contributed by atoms with Gasteiger partial charge in [0.25, 0.3) is 0 Å². The van der Waals surface area contributed by atoms with Crippen molar-refractivity contribution in [2.45, 2.75) is 32.6 Å². The number of hydrogen-bond donors (Lipinski definition) is 2. The van der Waals surface area contributed by atoms with Crippen LogP contribution in [0.5, 0.6) is 0 Å². The number of rotatable bonds is 4. The lowest BCUT2D eigenvalue weighted by Crippen LogP contribution is -2.44. The van der Waals surface area contributed by atoms with Crippen LogP contribution in [0.2, 0.25) is 5.02 Å². The molecule has 110 valence electrons. The van der Waals surface area contributed by atoms with Crippen LogP contribution in [0.3, 0.4) is 0 Å². The van der Waals surface area contributed by atoms with E-state index in [0.717, 1.165) is 43.2 Å². The fourth-order valence-corrected chi connectivity index (χ4v) is 3.54. The Labute approximate surface area is 133 Å². The number of benzene rings is 1. The van der Waals surface area contributed by atoms with Gasteiger partial charge in [0.2, 0.25) is 5.91 Å². The van der Waals surface area contributed by atoms with Gasteiger partial charge in [0.1, 0.15) is 0 Å². The fraction of sp³-hybridized carbons (Fsp3) is 0.533. The Balaban J connectivity index is 2.15. The highest BCUT2D eigenvalue weighted by atomic mass is 79.9. The van der Waals surface area contributed by atoms with Gasteiger partial charge in [0.15, 0.2) is 0 Å². The summed E-state index contributed by atoms with van der Waals surface area (Å²) in [5, 5.41) is 6.90. The number of amides is 1. The molecule has 1 saturated heterocycles. The Morgan fingerprint density at radius 1 is 1.45 bits per heavy atom. The van der Waals surface area contributed by atoms with E-state index in [1.807, 2.05) is 12.1 Å². The van der Waals surface area contributed by atoms with E-state index in [0.29, 0.717) is 10.7 Å². The first-order valence-corrected chi connectivity index (χ1v) is 8.22. The van der Waals surface area contributed by atoms with E-state index in [1.54, 1.807) is 6.07 Å². The average molecular weight is 360 g/mol. The smallest absolute Gasteiger partial charge is 0.230 e. The largest absolute Gasteiger partial charge is 0.324 e. The van der Waals surface area contributed by atoms with Crippen LogP contribution in [0.1, 0.15) is 32.6 Å². The Hall–Kier alpha value is -0.580. The molecule has 0 atom stereocenters. The van der Waals surface area contributed by atoms with Crippen molar-refractivity contribution in [1.29, 1.82) is 0 Å². The van der Waals surface area contributed by atoms with Gasteiger partial charge in [-0.3, -0.25) is 4.79 Å². The third-order valence-electron chi connectivity index (χ3n) is 3.95. The van der Waals surface area contributed by atoms with E-state index in [4.69, 9.17) is 11.6 Å². The average Bonchev–Trinajstić information content (AvgIpc) is 2.43. The van der Waals surface area contributed by atoms with Crippen LogP contribution >= 0.6 is 27.5 Å². The van der Waals surface area contributed by atoms with E-state index < -0.39 is 0 Å². The Kier molecular flexibility index (Phi) is 5.47. The summed E-state index contributed by atoms with van der Waals surface area (Å²) in [7, 11) is 0. The molecule has 1 aliphatic heterocycles. The van der Waals surface area contributed by atoms with Crippen LogP contribution in [-0.4, -0.2) is 19.0 Å². The van der Waals surface area contributed by atoms with Crippen LogP contribution in [0, 0.1) is 5.41 Å². The minimum Gasteiger partial charge on any atom is -0.324 e. The molecular formula is C15H20BrClN2O. The summed E-state index contributed by atoms with van der Waals surface area (Å²) in [5.74, 6) is 0.102. The fourth-order valence-electron chi connectivity index (χ4n) is 2.82. The molecule has 0 bridgehead atoms. The molecule has 1 heterocycles. The van der Waals surface area contributed by atoms with Crippen LogP contribution in [-0.2, 0) is 4.79 Å². The lowest BCUT2D eigenvalue weighted by molar-refractivity contribution is -0.127. The highest BCUT2D eigenvalue weighted by Crippen LogP contribution is 2.36. The van der Waals surface area contributed by atoms with Gasteiger partial charge in [-0.15, -0.1) is 0 Å². The van der Waals surface area contributed by atoms with E-state index in [-0.39, 0.29) is 11.3 Å². The summed E-state index contributed by atoms with van der Waals surface area (Å²) >= 11 is 9.55. The first-order valence-electron chi connectivity index (χ1n) is 7.04. The van der Waals surface area contributed by atoms with Crippen LogP contribution in [0.15, 0.2) is 22.7 Å². The summed E-state index contributed by atoms with van der Waals surface area (Å²) in [6.45, 7) is 3.94. The zero-order chi connectivity index (χ0) is 14.6. The number of anilines is 1. The summed E-state index contributed by atoms with van der Waals surface area (Å²) in [6.07, 6.45) is 3.72. The Bertz CT molecular complexity index is 481. The number of piperidine rings is 1. The summed E-state index contributed by atoms with van der Waals surface area (Å²) in [6, 6.07) is 5.52. The van der Waals surface area contributed by atoms with Crippen molar-refractivity contribution in [3.05, 3.63) is 27.7 Å². The minimum absolute atomic E-state index is 0.102. The lowest BCUT2D eigenvalue weighted by atomic mass is 9.74. The molecule has 1 aliphatic rings. The quantitative estimate of drug-likeness (QED) is 0.845. The number of nitrogens with one attached hydrogen (secondary N) is 2. The van der Waals surface area contributed by atoms with Gasteiger partial charge in [-0.2, -0.15) is 0 Å². The molecule has 0 unspecified atom stereocenters. The molecule has 1 amide bonds. The highest BCUT2D eigenvalue weighted by Gasteiger charge is 2.38. The summed E-state index contributed by atoms with van der Waals surface area (Å²) in [5.41, 5.74) is 0.435. The Morgan fingerprint density at radius 3 is 2.75 bits per heavy atom. The molecule has 20 heavy (non-hydrogen) atoms. The lowest BCUT2D eigenvalue weighted by Gasteiger charge is -2.36. The molecule has 1 fully saturated rings. The van der Waals surface area contributed by atoms with Crippen molar-refractivity contribution >= 4 is 39.1 Å². The van der Waals surface area contributed by atoms with Crippen LogP contribution in [0.4, 0.5) is 5.69 Å². The number of halogens is 2. The Morgan fingerprint density at radius 2 is 2.15 bits per heavy atom. The highest BCUT2D eigenvalue weighted by molar-refractivity contribution is 9.10.